The second kappa shape index (κ2) is 7.07. The highest BCUT2D eigenvalue weighted by molar-refractivity contribution is 6.07. The second-order valence-corrected chi connectivity index (χ2v) is 7.51. The number of guanidine groups is 1. The SMILES string of the molecule is CCC(C)c1ccc(N=C(N)N(C)c2ccc3c4c(cccc24)CC3)cc1. The van der Waals surface area contributed by atoms with E-state index in [9.17, 15) is 0 Å². The Balaban J connectivity index is 1.66. The van der Waals surface area contributed by atoms with E-state index < -0.39 is 0 Å². The van der Waals surface area contributed by atoms with Crippen molar-refractivity contribution in [3.63, 3.8) is 0 Å². The summed E-state index contributed by atoms with van der Waals surface area (Å²) in [4.78, 5) is 6.64. The molecule has 1 aliphatic carbocycles. The molecular formula is C24H27N3. The van der Waals surface area contributed by atoms with Gasteiger partial charge in [0.15, 0.2) is 0 Å². The van der Waals surface area contributed by atoms with E-state index in [1.165, 1.54) is 27.5 Å². The van der Waals surface area contributed by atoms with Gasteiger partial charge in [-0.1, -0.05) is 50.2 Å². The number of rotatable bonds is 4. The molecule has 0 bridgehead atoms. The highest BCUT2D eigenvalue weighted by atomic mass is 15.2. The minimum atomic E-state index is 0.505. The molecule has 3 aromatic carbocycles. The Labute approximate surface area is 161 Å². The average Bonchev–Trinajstić information content (AvgIpc) is 3.13. The van der Waals surface area contributed by atoms with Gasteiger partial charge in [0.2, 0.25) is 5.96 Å². The lowest BCUT2D eigenvalue weighted by molar-refractivity contribution is 0.734. The Morgan fingerprint density at radius 1 is 1.04 bits per heavy atom. The van der Waals surface area contributed by atoms with Crippen molar-refractivity contribution in [3.05, 3.63) is 71.3 Å². The molecule has 0 aliphatic heterocycles. The molecular weight excluding hydrogens is 330 g/mol. The Morgan fingerprint density at radius 2 is 1.74 bits per heavy atom. The predicted molar refractivity (Wildman–Crippen MR) is 116 cm³/mol. The molecule has 0 fully saturated rings. The summed E-state index contributed by atoms with van der Waals surface area (Å²) in [5, 5.41) is 2.66. The quantitative estimate of drug-likeness (QED) is 0.492. The lowest BCUT2D eigenvalue weighted by Gasteiger charge is -2.21. The zero-order chi connectivity index (χ0) is 19.0. The van der Waals surface area contributed by atoms with Crippen LogP contribution in [0.3, 0.4) is 0 Å². The molecule has 0 amide bonds. The number of anilines is 1. The van der Waals surface area contributed by atoms with Gasteiger partial charge in [0.25, 0.3) is 0 Å². The normalized spacial score (nSPS) is 14.6. The van der Waals surface area contributed by atoms with Gasteiger partial charge in [-0.3, -0.25) is 0 Å². The zero-order valence-corrected chi connectivity index (χ0v) is 16.4. The first-order valence-corrected chi connectivity index (χ1v) is 9.79. The summed E-state index contributed by atoms with van der Waals surface area (Å²) in [5.74, 6) is 1.07. The Bertz CT molecular complexity index is 992. The monoisotopic (exact) mass is 357 g/mol. The highest BCUT2D eigenvalue weighted by Crippen LogP contribution is 2.36. The summed E-state index contributed by atoms with van der Waals surface area (Å²) < 4.78 is 0. The maximum atomic E-state index is 6.36. The topological polar surface area (TPSA) is 41.6 Å². The molecule has 0 saturated carbocycles. The van der Waals surface area contributed by atoms with Crippen LogP contribution in [0.15, 0.2) is 59.6 Å². The van der Waals surface area contributed by atoms with Crippen molar-refractivity contribution in [1.82, 2.24) is 0 Å². The number of aryl methyl sites for hydroxylation is 2. The van der Waals surface area contributed by atoms with Crippen molar-refractivity contribution >= 4 is 28.1 Å². The van der Waals surface area contributed by atoms with Gasteiger partial charge in [-0.25, -0.2) is 4.99 Å². The van der Waals surface area contributed by atoms with Crippen molar-refractivity contribution in [2.24, 2.45) is 10.7 Å². The van der Waals surface area contributed by atoms with E-state index in [0.29, 0.717) is 11.9 Å². The van der Waals surface area contributed by atoms with Crippen LogP contribution in [0.2, 0.25) is 0 Å². The molecule has 0 radical (unpaired) electrons. The molecule has 27 heavy (non-hydrogen) atoms. The highest BCUT2D eigenvalue weighted by Gasteiger charge is 2.18. The number of aliphatic imine (C=N–C) groups is 1. The van der Waals surface area contributed by atoms with Gasteiger partial charge in [0.1, 0.15) is 0 Å². The molecule has 1 aliphatic rings. The van der Waals surface area contributed by atoms with Gasteiger partial charge in [-0.05, 0) is 65.5 Å². The molecule has 4 rings (SSSR count). The third kappa shape index (κ3) is 3.18. The van der Waals surface area contributed by atoms with Crippen LogP contribution < -0.4 is 10.6 Å². The van der Waals surface area contributed by atoms with Crippen molar-refractivity contribution in [2.45, 2.75) is 39.0 Å². The number of nitrogens with two attached hydrogens (primary N) is 1. The molecule has 0 spiro atoms. The number of nitrogens with zero attached hydrogens (tertiary/aromatic N) is 2. The number of benzene rings is 3. The van der Waals surface area contributed by atoms with Crippen LogP contribution in [-0.2, 0) is 12.8 Å². The maximum absolute atomic E-state index is 6.36. The summed E-state index contributed by atoms with van der Waals surface area (Å²) >= 11 is 0. The Hall–Kier alpha value is -2.81. The molecule has 3 aromatic rings. The van der Waals surface area contributed by atoms with Crippen molar-refractivity contribution < 1.29 is 0 Å². The number of hydrogen-bond acceptors (Lipinski definition) is 1. The minimum absolute atomic E-state index is 0.505. The van der Waals surface area contributed by atoms with Crippen LogP contribution in [0.1, 0.15) is 42.9 Å². The molecule has 0 heterocycles. The van der Waals surface area contributed by atoms with Crippen molar-refractivity contribution in [2.75, 3.05) is 11.9 Å². The number of hydrogen-bond donors (Lipinski definition) is 1. The third-order valence-electron chi connectivity index (χ3n) is 5.88. The summed E-state index contributed by atoms with van der Waals surface area (Å²) in [6.07, 6.45) is 3.40. The fourth-order valence-corrected chi connectivity index (χ4v) is 3.97. The predicted octanol–water partition coefficient (Wildman–Crippen LogP) is 5.53. The van der Waals surface area contributed by atoms with Gasteiger partial charge in [0, 0.05) is 12.4 Å². The van der Waals surface area contributed by atoms with E-state index in [1.807, 2.05) is 11.9 Å². The smallest absolute Gasteiger partial charge is 0.200 e. The van der Waals surface area contributed by atoms with Gasteiger partial charge < -0.3 is 10.6 Å². The third-order valence-corrected chi connectivity index (χ3v) is 5.88. The molecule has 1 atom stereocenters. The first kappa shape index (κ1) is 17.6. The van der Waals surface area contributed by atoms with Gasteiger partial charge in [0.05, 0.1) is 11.4 Å². The largest absolute Gasteiger partial charge is 0.369 e. The van der Waals surface area contributed by atoms with Crippen LogP contribution in [0, 0.1) is 0 Å². The molecule has 3 heteroatoms. The fourth-order valence-electron chi connectivity index (χ4n) is 3.97. The van der Waals surface area contributed by atoms with E-state index in [2.05, 4.69) is 73.4 Å². The fraction of sp³-hybridized carbons (Fsp3) is 0.292. The van der Waals surface area contributed by atoms with E-state index in [0.717, 1.165) is 30.6 Å². The standard InChI is InChI=1S/C24H27N3/c1-4-16(2)17-10-13-20(14-11-17)26-24(25)27(3)22-15-12-19-9-8-18-6-5-7-21(22)23(18)19/h5-7,10-16H,4,8-9H2,1-3H3,(H2,25,26). The van der Waals surface area contributed by atoms with Crippen LogP contribution in [0.5, 0.6) is 0 Å². The van der Waals surface area contributed by atoms with Crippen molar-refractivity contribution in [3.8, 4) is 0 Å². The lowest BCUT2D eigenvalue weighted by atomic mass is 9.99. The first-order chi connectivity index (χ1) is 13.1. The van der Waals surface area contributed by atoms with Gasteiger partial charge >= 0.3 is 0 Å². The summed E-state index contributed by atoms with van der Waals surface area (Å²) in [5.41, 5.74) is 12.6. The summed E-state index contributed by atoms with van der Waals surface area (Å²) in [7, 11) is 1.99. The second-order valence-electron chi connectivity index (χ2n) is 7.51. The van der Waals surface area contributed by atoms with Gasteiger partial charge in [-0.2, -0.15) is 0 Å². The molecule has 2 N–H and O–H groups in total. The average molecular weight is 358 g/mol. The van der Waals surface area contributed by atoms with Crippen LogP contribution in [0.25, 0.3) is 10.8 Å². The zero-order valence-electron chi connectivity index (χ0n) is 16.4. The van der Waals surface area contributed by atoms with Gasteiger partial charge in [-0.15, -0.1) is 0 Å². The molecule has 1 unspecified atom stereocenters. The van der Waals surface area contributed by atoms with Crippen LogP contribution >= 0.6 is 0 Å². The van der Waals surface area contributed by atoms with E-state index in [-0.39, 0.29) is 0 Å². The molecule has 0 aromatic heterocycles. The summed E-state index contributed by atoms with van der Waals surface area (Å²) in [6.45, 7) is 4.46. The van der Waals surface area contributed by atoms with E-state index in [1.54, 1.807) is 0 Å². The Kier molecular flexibility index (Phi) is 4.61. The lowest BCUT2D eigenvalue weighted by Crippen LogP contribution is -2.33. The molecule has 3 nitrogen and oxygen atoms in total. The molecule has 138 valence electrons. The van der Waals surface area contributed by atoms with Crippen LogP contribution in [-0.4, -0.2) is 13.0 Å². The first-order valence-electron chi connectivity index (χ1n) is 9.79. The Morgan fingerprint density at radius 3 is 2.44 bits per heavy atom. The van der Waals surface area contributed by atoms with E-state index >= 15 is 0 Å². The minimum Gasteiger partial charge on any atom is -0.369 e. The van der Waals surface area contributed by atoms with Crippen LogP contribution in [0.4, 0.5) is 11.4 Å². The maximum Gasteiger partial charge on any atom is 0.200 e. The van der Waals surface area contributed by atoms with E-state index in [4.69, 9.17) is 5.73 Å². The van der Waals surface area contributed by atoms with Crippen molar-refractivity contribution in [1.29, 1.82) is 0 Å². The summed E-state index contributed by atoms with van der Waals surface area (Å²) in [6, 6.07) is 19.4. The molecule has 0 saturated heterocycles.